The molecular weight excluding hydrogens is 310 g/mol. The highest BCUT2D eigenvalue weighted by Crippen LogP contribution is 2.20. The second-order valence-electron chi connectivity index (χ2n) is 4.34. The fourth-order valence-electron chi connectivity index (χ4n) is 1.90. The number of anilines is 1. The summed E-state index contributed by atoms with van der Waals surface area (Å²) in [5.74, 6) is -0.331. The van der Waals surface area contributed by atoms with Crippen LogP contribution in [-0.4, -0.2) is 15.5 Å². The molecule has 21 heavy (non-hydrogen) atoms. The summed E-state index contributed by atoms with van der Waals surface area (Å²) in [6.07, 6.45) is 1.38. The van der Waals surface area contributed by atoms with Crippen LogP contribution in [0.3, 0.4) is 0 Å². The first-order valence-electron chi connectivity index (χ1n) is 6.12. The molecule has 0 fully saturated rings. The van der Waals surface area contributed by atoms with Gasteiger partial charge >= 0.3 is 0 Å². The van der Waals surface area contributed by atoms with Gasteiger partial charge in [-0.2, -0.15) is 0 Å². The Bertz CT molecular complexity index is 872. The normalized spacial score (nSPS) is 10.7. The molecule has 0 spiro atoms. The number of benzene rings is 1. The van der Waals surface area contributed by atoms with Crippen molar-refractivity contribution in [3.05, 3.63) is 57.4 Å². The van der Waals surface area contributed by atoms with Crippen molar-refractivity contribution in [3.8, 4) is 0 Å². The van der Waals surface area contributed by atoms with Crippen LogP contribution in [0.1, 0.15) is 0 Å². The van der Waals surface area contributed by atoms with Gasteiger partial charge in [0.25, 0.3) is 5.56 Å². The second kappa shape index (κ2) is 5.67. The minimum Gasteiger partial charge on any atom is -0.323 e. The molecule has 0 atom stereocenters. The molecule has 0 radical (unpaired) electrons. The van der Waals surface area contributed by atoms with Crippen LogP contribution in [-0.2, 0) is 11.3 Å². The summed E-state index contributed by atoms with van der Waals surface area (Å²) in [7, 11) is 0. The predicted molar refractivity (Wildman–Crippen MR) is 84.0 cm³/mol. The molecule has 1 aromatic carbocycles. The first-order valence-corrected chi connectivity index (χ1v) is 7.38. The molecule has 0 aliphatic rings. The van der Waals surface area contributed by atoms with Gasteiger partial charge in [-0.05, 0) is 23.6 Å². The van der Waals surface area contributed by atoms with Crippen molar-refractivity contribution in [3.63, 3.8) is 0 Å². The van der Waals surface area contributed by atoms with E-state index in [4.69, 9.17) is 11.6 Å². The summed E-state index contributed by atoms with van der Waals surface area (Å²) in [6, 6.07) is 8.70. The molecule has 2 heterocycles. The van der Waals surface area contributed by atoms with Gasteiger partial charge in [0, 0.05) is 0 Å². The van der Waals surface area contributed by atoms with Gasteiger partial charge in [-0.15, -0.1) is 11.3 Å². The summed E-state index contributed by atoms with van der Waals surface area (Å²) in [5, 5.41) is 4.92. The number of carbonyl (C=O) groups is 1. The average molecular weight is 320 g/mol. The maximum Gasteiger partial charge on any atom is 0.271 e. The molecule has 3 aromatic rings. The van der Waals surface area contributed by atoms with Crippen molar-refractivity contribution in [2.75, 3.05) is 5.32 Å². The van der Waals surface area contributed by atoms with Gasteiger partial charge in [-0.1, -0.05) is 23.7 Å². The number of carbonyl (C=O) groups excluding carboxylic acids is 1. The number of nitrogens with one attached hydrogen (secondary N) is 1. The lowest BCUT2D eigenvalue weighted by Gasteiger charge is -2.08. The Morgan fingerprint density at radius 2 is 2.14 bits per heavy atom. The first-order chi connectivity index (χ1) is 10.1. The number of hydrogen-bond donors (Lipinski definition) is 1. The molecule has 0 bridgehead atoms. The maximum absolute atomic E-state index is 12.2. The largest absolute Gasteiger partial charge is 0.323 e. The molecule has 0 aliphatic heterocycles. The van der Waals surface area contributed by atoms with E-state index in [9.17, 15) is 9.59 Å². The van der Waals surface area contributed by atoms with Crippen molar-refractivity contribution < 1.29 is 4.79 Å². The van der Waals surface area contributed by atoms with Crippen LogP contribution >= 0.6 is 22.9 Å². The van der Waals surface area contributed by atoms with E-state index >= 15 is 0 Å². The summed E-state index contributed by atoms with van der Waals surface area (Å²) in [4.78, 5) is 28.3. The highest BCUT2D eigenvalue weighted by molar-refractivity contribution is 7.17. The van der Waals surface area contributed by atoms with Crippen LogP contribution in [0.4, 0.5) is 5.69 Å². The standard InChI is InChI=1S/C14H10ClN3O2S/c15-9-3-1-2-4-10(9)17-12(19)7-18-8-16-11-5-6-21-13(11)14(18)20/h1-6,8H,7H2,(H,17,19). The lowest BCUT2D eigenvalue weighted by molar-refractivity contribution is -0.116. The Morgan fingerprint density at radius 3 is 2.95 bits per heavy atom. The van der Waals surface area contributed by atoms with E-state index in [1.165, 1.54) is 22.2 Å². The summed E-state index contributed by atoms with van der Waals surface area (Å²) in [5.41, 5.74) is 0.944. The SMILES string of the molecule is O=C(Cn1cnc2ccsc2c1=O)Nc1ccccc1Cl. The molecule has 0 aliphatic carbocycles. The van der Waals surface area contributed by atoms with Gasteiger partial charge in [-0.25, -0.2) is 4.98 Å². The molecule has 5 nitrogen and oxygen atoms in total. The minimum absolute atomic E-state index is 0.106. The second-order valence-corrected chi connectivity index (χ2v) is 5.66. The third-order valence-corrected chi connectivity index (χ3v) is 4.12. The fourth-order valence-corrected chi connectivity index (χ4v) is 2.87. The zero-order chi connectivity index (χ0) is 14.8. The van der Waals surface area contributed by atoms with Gasteiger partial charge in [0.2, 0.25) is 5.91 Å². The molecular formula is C14H10ClN3O2S. The number of rotatable bonds is 3. The highest BCUT2D eigenvalue weighted by atomic mass is 35.5. The van der Waals surface area contributed by atoms with Crippen molar-refractivity contribution in [2.24, 2.45) is 0 Å². The molecule has 0 unspecified atom stereocenters. The van der Waals surface area contributed by atoms with E-state index in [0.717, 1.165) is 0 Å². The Kier molecular flexibility index (Phi) is 3.72. The van der Waals surface area contributed by atoms with E-state index in [1.807, 2.05) is 0 Å². The fraction of sp³-hybridized carbons (Fsp3) is 0.0714. The Morgan fingerprint density at radius 1 is 1.33 bits per heavy atom. The van der Waals surface area contributed by atoms with E-state index in [2.05, 4.69) is 10.3 Å². The van der Waals surface area contributed by atoms with Crippen LogP contribution in [0.15, 0.2) is 46.8 Å². The first kappa shape index (κ1) is 13.8. The molecule has 0 saturated carbocycles. The maximum atomic E-state index is 12.2. The predicted octanol–water partition coefficient (Wildman–Crippen LogP) is 2.75. The van der Waals surface area contributed by atoms with Crippen molar-refractivity contribution in [2.45, 2.75) is 6.54 Å². The highest BCUT2D eigenvalue weighted by Gasteiger charge is 2.10. The molecule has 1 amide bonds. The monoisotopic (exact) mass is 319 g/mol. The minimum atomic E-state index is -0.331. The number of halogens is 1. The Labute approximate surface area is 128 Å². The van der Waals surface area contributed by atoms with E-state index in [1.54, 1.807) is 35.7 Å². The Hall–Kier alpha value is -2.18. The number of aromatic nitrogens is 2. The number of amides is 1. The third kappa shape index (κ3) is 2.81. The number of hydrogen-bond acceptors (Lipinski definition) is 4. The Balaban J connectivity index is 1.82. The number of fused-ring (bicyclic) bond motifs is 1. The summed E-state index contributed by atoms with van der Waals surface area (Å²) in [6.45, 7) is -0.106. The van der Waals surface area contributed by atoms with Gasteiger partial charge in [-0.3, -0.25) is 14.2 Å². The number of para-hydroxylation sites is 1. The van der Waals surface area contributed by atoms with Crippen molar-refractivity contribution >= 4 is 44.7 Å². The quantitative estimate of drug-likeness (QED) is 0.807. The lowest BCUT2D eigenvalue weighted by atomic mass is 10.3. The topological polar surface area (TPSA) is 64.0 Å². The van der Waals surface area contributed by atoms with Crippen LogP contribution in [0, 0.1) is 0 Å². The van der Waals surface area contributed by atoms with Crippen LogP contribution < -0.4 is 10.9 Å². The number of nitrogens with zero attached hydrogens (tertiary/aromatic N) is 2. The third-order valence-electron chi connectivity index (χ3n) is 2.90. The number of thiophene rings is 1. The van der Waals surface area contributed by atoms with Crippen LogP contribution in [0.5, 0.6) is 0 Å². The molecule has 7 heteroatoms. The summed E-state index contributed by atoms with van der Waals surface area (Å²) >= 11 is 7.29. The smallest absolute Gasteiger partial charge is 0.271 e. The molecule has 0 saturated heterocycles. The van der Waals surface area contributed by atoms with E-state index in [0.29, 0.717) is 20.9 Å². The van der Waals surface area contributed by atoms with Crippen LogP contribution in [0.2, 0.25) is 5.02 Å². The van der Waals surface area contributed by atoms with Crippen LogP contribution in [0.25, 0.3) is 10.2 Å². The van der Waals surface area contributed by atoms with Gasteiger partial charge in [0.05, 0.1) is 22.6 Å². The molecule has 1 N–H and O–H groups in total. The van der Waals surface area contributed by atoms with E-state index in [-0.39, 0.29) is 18.0 Å². The van der Waals surface area contributed by atoms with Gasteiger partial charge in [0.1, 0.15) is 11.2 Å². The van der Waals surface area contributed by atoms with Crippen molar-refractivity contribution in [1.29, 1.82) is 0 Å². The van der Waals surface area contributed by atoms with Gasteiger partial charge < -0.3 is 5.32 Å². The lowest BCUT2D eigenvalue weighted by Crippen LogP contribution is -2.27. The molecule has 3 rings (SSSR count). The molecule has 2 aromatic heterocycles. The van der Waals surface area contributed by atoms with E-state index < -0.39 is 0 Å². The summed E-state index contributed by atoms with van der Waals surface area (Å²) < 4.78 is 1.83. The zero-order valence-corrected chi connectivity index (χ0v) is 12.3. The zero-order valence-electron chi connectivity index (χ0n) is 10.7. The molecule has 106 valence electrons. The average Bonchev–Trinajstić information content (AvgIpc) is 2.94. The van der Waals surface area contributed by atoms with Gasteiger partial charge in [0.15, 0.2) is 0 Å². The van der Waals surface area contributed by atoms with Crippen molar-refractivity contribution in [1.82, 2.24) is 9.55 Å².